The number of hydrogen-bond acceptors (Lipinski definition) is 4. The summed E-state index contributed by atoms with van der Waals surface area (Å²) < 4.78 is 6.80. The van der Waals surface area contributed by atoms with Gasteiger partial charge in [0, 0.05) is 3.57 Å². The second kappa shape index (κ2) is 5.65. The number of ether oxygens (including phenoxy) is 1. The van der Waals surface area contributed by atoms with Crippen LogP contribution in [0.25, 0.3) is 10.9 Å². The Morgan fingerprint density at radius 3 is 2.48 bits per heavy atom. The maximum Gasteiger partial charge on any atom is 0.374 e. The molecule has 0 radical (unpaired) electrons. The Labute approximate surface area is 133 Å². The number of halogens is 1. The summed E-state index contributed by atoms with van der Waals surface area (Å²) in [7, 11) is 0. The summed E-state index contributed by atoms with van der Waals surface area (Å²) in [5, 5.41) is 9.76. The van der Waals surface area contributed by atoms with E-state index in [-0.39, 0.29) is 11.7 Å². The van der Waals surface area contributed by atoms with Crippen LogP contribution < -0.4 is 4.74 Å². The summed E-state index contributed by atoms with van der Waals surface area (Å²) in [6, 6.07) is 14.5. The monoisotopic (exact) mass is 392 g/mol. The Balaban J connectivity index is 2.11. The number of aromatic carboxylic acids is 1. The van der Waals surface area contributed by atoms with Gasteiger partial charge < -0.3 is 9.84 Å². The Morgan fingerprint density at radius 1 is 1.05 bits per heavy atom. The Bertz CT molecular complexity index is 819. The third-order valence-corrected chi connectivity index (χ3v) is 3.51. The van der Waals surface area contributed by atoms with E-state index in [1.807, 2.05) is 18.2 Å². The smallest absolute Gasteiger partial charge is 0.374 e. The predicted molar refractivity (Wildman–Crippen MR) is 85.7 cm³/mol. The molecule has 0 aliphatic rings. The molecule has 0 atom stereocenters. The van der Waals surface area contributed by atoms with Gasteiger partial charge in [-0.15, -0.1) is 0 Å². The molecule has 6 heteroatoms. The highest BCUT2D eigenvalue weighted by atomic mass is 127. The Hall–Kier alpha value is -2.22. The number of carbonyl (C=O) groups is 1. The number of fused-ring (bicyclic) bond motifs is 1. The summed E-state index contributed by atoms with van der Waals surface area (Å²) in [4.78, 5) is 19.1. The molecule has 3 rings (SSSR count). The highest BCUT2D eigenvalue weighted by Crippen LogP contribution is 2.27. The van der Waals surface area contributed by atoms with Crippen molar-refractivity contribution in [1.29, 1.82) is 0 Å². The molecular weight excluding hydrogens is 383 g/mol. The molecular formula is C15H9IN2O3. The molecule has 21 heavy (non-hydrogen) atoms. The predicted octanol–water partition coefficient (Wildman–Crippen LogP) is 3.72. The van der Waals surface area contributed by atoms with E-state index in [2.05, 4.69) is 32.6 Å². The van der Waals surface area contributed by atoms with Gasteiger partial charge in [0.2, 0.25) is 11.7 Å². The highest BCUT2D eigenvalue weighted by Gasteiger charge is 2.14. The van der Waals surface area contributed by atoms with E-state index in [0.717, 1.165) is 3.57 Å². The lowest BCUT2D eigenvalue weighted by Crippen LogP contribution is -2.05. The standard InChI is InChI=1S/C15H9IN2O3/c16-9-5-7-10(8-6-9)21-14-11-3-1-2-4-12(11)17-13(18-14)15(19)20/h1-8H,(H,19,20). The number of carboxylic acid groups (broad SMARTS) is 1. The summed E-state index contributed by atoms with van der Waals surface area (Å²) in [6.45, 7) is 0. The third-order valence-electron chi connectivity index (χ3n) is 2.79. The Kier molecular flexibility index (Phi) is 3.70. The molecule has 0 aliphatic heterocycles. The summed E-state index contributed by atoms with van der Waals surface area (Å²) in [6.07, 6.45) is 0. The number of carboxylic acids is 1. The van der Waals surface area contributed by atoms with Crippen molar-refractivity contribution in [3.63, 3.8) is 0 Å². The summed E-state index contributed by atoms with van der Waals surface area (Å²) in [5.74, 6) is -0.641. The fourth-order valence-corrected chi connectivity index (χ4v) is 2.19. The van der Waals surface area contributed by atoms with Crippen molar-refractivity contribution in [3.05, 3.63) is 57.9 Å². The average Bonchev–Trinajstić information content (AvgIpc) is 2.49. The van der Waals surface area contributed by atoms with Crippen LogP contribution in [0, 0.1) is 3.57 Å². The topological polar surface area (TPSA) is 72.3 Å². The van der Waals surface area contributed by atoms with E-state index < -0.39 is 5.97 Å². The minimum absolute atomic E-state index is 0.235. The first-order valence-corrected chi connectivity index (χ1v) is 7.15. The van der Waals surface area contributed by atoms with Crippen molar-refractivity contribution >= 4 is 39.5 Å². The zero-order valence-corrected chi connectivity index (χ0v) is 12.8. The molecule has 2 aromatic carbocycles. The maximum absolute atomic E-state index is 11.1. The van der Waals surface area contributed by atoms with Crippen LogP contribution in [0.2, 0.25) is 0 Å². The van der Waals surface area contributed by atoms with Crippen LogP contribution in [0.15, 0.2) is 48.5 Å². The fraction of sp³-hybridized carbons (Fsp3) is 0. The molecule has 5 nitrogen and oxygen atoms in total. The number of hydrogen-bond donors (Lipinski definition) is 1. The molecule has 1 aromatic heterocycles. The normalized spacial score (nSPS) is 10.5. The van der Waals surface area contributed by atoms with Gasteiger partial charge >= 0.3 is 5.97 Å². The van der Waals surface area contributed by atoms with Crippen LogP contribution in [0.1, 0.15) is 10.6 Å². The first kappa shape index (κ1) is 13.7. The van der Waals surface area contributed by atoms with Gasteiger partial charge in [0.05, 0.1) is 10.9 Å². The highest BCUT2D eigenvalue weighted by molar-refractivity contribution is 14.1. The van der Waals surface area contributed by atoms with Gasteiger partial charge in [-0.1, -0.05) is 12.1 Å². The SMILES string of the molecule is O=C(O)c1nc(Oc2ccc(I)cc2)c2ccccc2n1. The number of nitrogens with zero attached hydrogens (tertiary/aromatic N) is 2. The first-order valence-electron chi connectivity index (χ1n) is 6.07. The van der Waals surface area contributed by atoms with Crippen LogP contribution in [0.3, 0.4) is 0 Å². The molecule has 0 saturated carbocycles. The van der Waals surface area contributed by atoms with Crippen molar-refractivity contribution in [2.75, 3.05) is 0 Å². The summed E-state index contributed by atoms with van der Waals surface area (Å²) >= 11 is 2.20. The number of benzene rings is 2. The van der Waals surface area contributed by atoms with Crippen LogP contribution in [0.5, 0.6) is 11.6 Å². The van der Waals surface area contributed by atoms with Gasteiger partial charge in [-0.3, -0.25) is 0 Å². The third kappa shape index (κ3) is 2.94. The van der Waals surface area contributed by atoms with Gasteiger partial charge in [0.25, 0.3) is 0 Å². The van der Waals surface area contributed by atoms with Crippen LogP contribution in [0.4, 0.5) is 0 Å². The Morgan fingerprint density at radius 2 is 1.76 bits per heavy atom. The van der Waals surface area contributed by atoms with Gasteiger partial charge in [-0.05, 0) is 59.0 Å². The lowest BCUT2D eigenvalue weighted by atomic mass is 10.2. The van der Waals surface area contributed by atoms with Gasteiger partial charge in [-0.2, -0.15) is 4.98 Å². The second-order valence-corrected chi connectivity index (χ2v) is 5.48. The van der Waals surface area contributed by atoms with E-state index >= 15 is 0 Å². The molecule has 0 bridgehead atoms. The summed E-state index contributed by atoms with van der Waals surface area (Å²) in [5.41, 5.74) is 0.533. The minimum Gasteiger partial charge on any atom is -0.475 e. The quantitative estimate of drug-likeness (QED) is 0.688. The molecule has 0 spiro atoms. The molecule has 3 aromatic rings. The molecule has 104 valence electrons. The van der Waals surface area contributed by atoms with Gasteiger partial charge in [-0.25, -0.2) is 9.78 Å². The number of para-hydroxylation sites is 1. The van der Waals surface area contributed by atoms with Crippen molar-refractivity contribution in [2.24, 2.45) is 0 Å². The lowest BCUT2D eigenvalue weighted by molar-refractivity contribution is 0.0683. The molecule has 0 fully saturated rings. The second-order valence-electron chi connectivity index (χ2n) is 4.23. The van der Waals surface area contributed by atoms with E-state index in [1.165, 1.54) is 0 Å². The molecule has 0 amide bonds. The molecule has 0 aliphatic carbocycles. The molecule has 1 heterocycles. The molecule has 1 N–H and O–H groups in total. The maximum atomic E-state index is 11.1. The van der Waals surface area contributed by atoms with Crippen LogP contribution in [-0.4, -0.2) is 21.0 Å². The van der Waals surface area contributed by atoms with E-state index in [4.69, 9.17) is 9.84 Å². The molecule has 0 saturated heterocycles. The zero-order chi connectivity index (χ0) is 14.8. The number of aromatic nitrogens is 2. The lowest BCUT2D eigenvalue weighted by Gasteiger charge is -2.08. The van der Waals surface area contributed by atoms with Gasteiger partial charge in [0.1, 0.15) is 5.75 Å². The fourth-order valence-electron chi connectivity index (χ4n) is 1.84. The van der Waals surface area contributed by atoms with Crippen molar-refractivity contribution in [3.8, 4) is 11.6 Å². The van der Waals surface area contributed by atoms with Crippen molar-refractivity contribution in [2.45, 2.75) is 0 Å². The zero-order valence-electron chi connectivity index (χ0n) is 10.7. The van der Waals surface area contributed by atoms with Crippen molar-refractivity contribution in [1.82, 2.24) is 9.97 Å². The van der Waals surface area contributed by atoms with E-state index in [9.17, 15) is 4.79 Å². The average molecular weight is 392 g/mol. The molecule has 0 unspecified atom stereocenters. The van der Waals surface area contributed by atoms with E-state index in [0.29, 0.717) is 16.7 Å². The largest absolute Gasteiger partial charge is 0.475 e. The number of rotatable bonds is 3. The minimum atomic E-state index is -1.19. The van der Waals surface area contributed by atoms with Crippen LogP contribution >= 0.6 is 22.6 Å². The van der Waals surface area contributed by atoms with Gasteiger partial charge in [0.15, 0.2) is 0 Å². The van der Waals surface area contributed by atoms with E-state index in [1.54, 1.807) is 30.3 Å². The van der Waals surface area contributed by atoms with Crippen molar-refractivity contribution < 1.29 is 14.6 Å². The van der Waals surface area contributed by atoms with Crippen LogP contribution in [-0.2, 0) is 0 Å². The first-order chi connectivity index (χ1) is 10.1.